The van der Waals surface area contributed by atoms with Gasteiger partial charge >= 0.3 is 0 Å². The molecular formula is C24H25NO3. The molecule has 1 atom stereocenters. The Morgan fingerprint density at radius 2 is 1.54 bits per heavy atom. The molecule has 3 aromatic carbocycles. The molecular weight excluding hydrogens is 350 g/mol. The molecule has 4 nitrogen and oxygen atoms in total. The van der Waals surface area contributed by atoms with E-state index in [1.807, 2.05) is 86.6 Å². The van der Waals surface area contributed by atoms with Crippen molar-refractivity contribution in [1.82, 2.24) is 0 Å². The third kappa shape index (κ3) is 4.92. The van der Waals surface area contributed by atoms with Crippen LogP contribution in [0.4, 0.5) is 5.69 Å². The number of hydrogen-bond donors (Lipinski definition) is 1. The highest BCUT2D eigenvalue weighted by Gasteiger charge is 2.18. The number of benzene rings is 3. The van der Waals surface area contributed by atoms with Crippen LogP contribution in [-0.2, 0) is 11.4 Å². The van der Waals surface area contributed by atoms with Crippen LogP contribution < -0.4 is 14.8 Å². The molecule has 0 aliphatic heterocycles. The van der Waals surface area contributed by atoms with Gasteiger partial charge in [-0.05, 0) is 49.6 Å². The molecule has 3 aromatic rings. The molecule has 0 aliphatic carbocycles. The van der Waals surface area contributed by atoms with Gasteiger partial charge in [-0.15, -0.1) is 0 Å². The lowest BCUT2D eigenvalue weighted by Crippen LogP contribution is -2.30. The molecule has 0 saturated heterocycles. The summed E-state index contributed by atoms with van der Waals surface area (Å²) in [4.78, 5) is 12.7. The van der Waals surface area contributed by atoms with Crippen molar-refractivity contribution >= 4 is 11.6 Å². The van der Waals surface area contributed by atoms with Crippen LogP contribution in [0.1, 0.15) is 23.6 Å². The summed E-state index contributed by atoms with van der Waals surface area (Å²) in [5.74, 6) is 1.15. The number of amides is 1. The fourth-order valence-electron chi connectivity index (χ4n) is 2.88. The Labute approximate surface area is 166 Å². The molecule has 28 heavy (non-hydrogen) atoms. The van der Waals surface area contributed by atoms with E-state index in [2.05, 4.69) is 5.32 Å². The van der Waals surface area contributed by atoms with Crippen molar-refractivity contribution in [2.24, 2.45) is 0 Å². The van der Waals surface area contributed by atoms with E-state index in [4.69, 9.17) is 9.47 Å². The van der Waals surface area contributed by atoms with Crippen LogP contribution in [0.3, 0.4) is 0 Å². The van der Waals surface area contributed by atoms with E-state index in [0.717, 1.165) is 22.4 Å². The van der Waals surface area contributed by atoms with Crippen molar-refractivity contribution in [3.05, 3.63) is 89.5 Å². The van der Waals surface area contributed by atoms with Crippen LogP contribution in [0.2, 0.25) is 0 Å². The molecule has 0 saturated carbocycles. The zero-order valence-electron chi connectivity index (χ0n) is 16.4. The van der Waals surface area contributed by atoms with Crippen molar-refractivity contribution in [3.63, 3.8) is 0 Å². The molecule has 0 aliphatic rings. The number of para-hydroxylation sites is 3. The minimum Gasteiger partial charge on any atom is -0.487 e. The zero-order chi connectivity index (χ0) is 19.9. The first-order valence-corrected chi connectivity index (χ1v) is 9.34. The van der Waals surface area contributed by atoms with E-state index in [9.17, 15) is 4.79 Å². The van der Waals surface area contributed by atoms with E-state index in [-0.39, 0.29) is 5.91 Å². The van der Waals surface area contributed by atoms with Gasteiger partial charge in [0.1, 0.15) is 18.1 Å². The Bertz CT molecular complexity index is 917. The summed E-state index contributed by atoms with van der Waals surface area (Å²) in [5.41, 5.74) is 3.70. The molecule has 1 N–H and O–H groups in total. The van der Waals surface area contributed by atoms with Gasteiger partial charge in [-0.3, -0.25) is 4.79 Å². The predicted octanol–water partition coefficient (Wildman–Crippen LogP) is 5.29. The van der Waals surface area contributed by atoms with Crippen LogP contribution in [0.25, 0.3) is 0 Å². The summed E-state index contributed by atoms with van der Waals surface area (Å²) in [6.45, 7) is 6.12. The molecule has 4 heteroatoms. The fourth-order valence-corrected chi connectivity index (χ4v) is 2.88. The van der Waals surface area contributed by atoms with Gasteiger partial charge in [-0.25, -0.2) is 0 Å². The van der Waals surface area contributed by atoms with Crippen molar-refractivity contribution in [2.75, 3.05) is 5.32 Å². The number of hydrogen-bond acceptors (Lipinski definition) is 3. The Kier molecular flexibility index (Phi) is 6.33. The number of carbonyl (C=O) groups excluding carboxylic acids is 1. The van der Waals surface area contributed by atoms with E-state index in [1.165, 1.54) is 0 Å². The normalized spacial score (nSPS) is 11.5. The standard InChI is InChI=1S/C24H25NO3/c1-17-10-9-11-18(2)23(17)28-19(3)24(26)25-21-14-7-8-15-22(21)27-16-20-12-5-4-6-13-20/h4-15,19H,16H2,1-3H3,(H,25,26). The van der Waals surface area contributed by atoms with Crippen molar-refractivity contribution in [1.29, 1.82) is 0 Å². The van der Waals surface area contributed by atoms with Crippen LogP contribution >= 0.6 is 0 Å². The van der Waals surface area contributed by atoms with E-state index >= 15 is 0 Å². The lowest BCUT2D eigenvalue weighted by molar-refractivity contribution is -0.122. The Morgan fingerprint density at radius 1 is 0.893 bits per heavy atom. The molecule has 1 amide bonds. The Balaban J connectivity index is 1.66. The molecule has 0 bridgehead atoms. The monoisotopic (exact) mass is 375 g/mol. The summed E-state index contributed by atoms with van der Waals surface area (Å²) in [7, 11) is 0. The van der Waals surface area contributed by atoms with Gasteiger partial charge < -0.3 is 14.8 Å². The summed E-state index contributed by atoms with van der Waals surface area (Å²) < 4.78 is 11.8. The van der Waals surface area contributed by atoms with Gasteiger partial charge in [0, 0.05) is 0 Å². The molecule has 0 aromatic heterocycles. The second-order valence-corrected chi connectivity index (χ2v) is 6.74. The van der Waals surface area contributed by atoms with E-state index in [0.29, 0.717) is 18.0 Å². The predicted molar refractivity (Wildman–Crippen MR) is 112 cm³/mol. The maximum Gasteiger partial charge on any atom is 0.265 e. The highest BCUT2D eigenvalue weighted by molar-refractivity contribution is 5.95. The quantitative estimate of drug-likeness (QED) is 0.610. The number of carbonyl (C=O) groups is 1. The maximum atomic E-state index is 12.7. The fraction of sp³-hybridized carbons (Fsp3) is 0.208. The lowest BCUT2D eigenvalue weighted by atomic mass is 10.1. The van der Waals surface area contributed by atoms with Gasteiger partial charge in [-0.1, -0.05) is 60.7 Å². The summed E-state index contributed by atoms with van der Waals surface area (Å²) in [6.07, 6.45) is -0.637. The summed E-state index contributed by atoms with van der Waals surface area (Å²) in [5, 5.41) is 2.92. The second kappa shape index (κ2) is 9.09. The van der Waals surface area contributed by atoms with Crippen molar-refractivity contribution < 1.29 is 14.3 Å². The van der Waals surface area contributed by atoms with Gasteiger partial charge in [0.05, 0.1) is 5.69 Å². The molecule has 144 valence electrons. The third-order valence-electron chi connectivity index (χ3n) is 4.45. The molecule has 1 unspecified atom stereocenters. The molecule has 0 radical (unpaired) electrons. The van der Waals surface area contributed by atoms with Crippen LogP contribution in [-0.4, -0.2) is 12.0 Å². The first kappa shape index (κ1) is 19.5. The highest BCUT2D eigenvalue weighted by Crippen LogP contribution is 2.26. The highest BCUT2D eigenvalue weighted by atomic mass is 16.5. The molecule has 3 rings (SSSR count). The SMILES string of the molecule is Cc1cccc(C)c1OC(C)C(=O)Nc1ccccc1OCc1ccccc1. The average Bonchev–Trinajstić information content (AvgIpc) is 2.71. The van der Waals surface area contributed by atoms with Crippen LogP contribution in [0.5, 0.6) is 11.5 Å². The largest absolute Gasteiger partial charge is 0.487 e. The van der Waals surface area contributed by atoms with Gasteiger partial charge in [-0.2, -0.15) is 0 Å². The van der Waals surface area contributed by atoms with Crippen molar-refractivity contribution in [2.45, 2.75) is 33.5 Å². The Hall–Kier alpha value is -3.27. The number of nitrogens with one attached hydrogen (secondary N) is 1. The topological polar surface area (TPSA) is 47.6 Å². The average molecular weight is 375 g/mol. The maximum absolute atomic E-state index is 12.7. The second-order valence-electron chi connectivity index (χ2n) is 6.74. The summed E-state index contributed by atoms with van der Waals surface area (Å²) >= 11 is 0. The number of aryl methyl sites for hydroxylation is 2. The first-order valence-electron chi connectivity index (χ1n) is 9.34. The van der Waals surface area contributed by atoms with Gasteiger partial charge in [0.2, 0.25) is 0 Å². The van der Waals surface area contributed by atoms with Crippen LogP contribution in [0.15, 0.2) is 72.8 Å². The first-order chi connectivity index (χ1) is 13.5. The molecule has 0 spiro atoms. The van der Waals surface area contributed by atoms with Crippen LogP contribution in [0, 0.1) is 13.8 Å². The van der Waals surface area contributed by atoms with E-state index < -0.39 is 6.10 Å². The number of rotatable bonds is 7. The smallest absolute Gasteiger partial charge is 0.265 e. The van der Waals surface area contributed by atoms with Crippen molar-refractivity contribution in [3.8, 4) is 11.5 Å². The molecule has 0 fully saturated rings. The number of anilines is 1. The summed E-state index contributed by atoms with van der Waals surface area (Å²) in [6, 6.07) is 23.2. The third-order valence-corrected chi connectivity index (χ3v) is 4.45. The van der Waals surface area contributed by atoms with Gasteiger partial charge in [0.25, 0.3) is 5.91 Å². The van der Waals surface area contributed by atoms with E-state index in [1.54, 1.807) is 6.92 Å². The lowest BCUT2D eigenvalue weighted by Gasteiger charge is -2.19. The minimum absolute atomic E-state index is 0.224. The van der Waals surface area contributed by atoms with Gasteiger partial charge in [0.15, 0.2) is 6.10 Å². The molecule has 0 heterocycles. The number of ether oxygens (including phenoxy) is 2. The Morgan fingerprint density at radius 3 is 2.25 bits per heavy atom. The minimum atomic E-state index is -0.637. The zero-order valence-corrected chi connectivity index (χ0v) is 16.4.